The van der Waals surface area contributed by atoms with Crippen molar-refractivity contribution in [1.29, 1.82) is 0 Å². The second-order valence-corrected chi connectivity index (χ2v) is 6.31. The topological polar surface area (TPSA) is 80.6 Å². The molecule has 0 unspecified atom stereocenters. The third-order valence-electron chi connectivity index (χ3n) is 3.65. The van der Waals surface area contributed by atoms with E-state index in [-0.39, 0.29) is 12.7 Å². The number of aliphatic hydroxyl groups is 2. The molecule has 2 aliphatic heterocycles. The van der Waals surface area contributed by atoms with E-state index in [1.807, 2.05) is 27.9 Å². The van der Waals surface area contributed by atoms with Crippen molar-refractivity contribution in [3.8, 4) is 0 Å². The van der Waals surface area contributed by atoms with Gasteiger partial charge in [0.25, 0.3) is 0 Å². The molecule has 21 heavy (non-hydrogen) atoms. The lowest BCUT2D eigenvalue weighted by atomic mass is 10.1. The molecule has 0 amide bonds. The third kappa shape index (κ3) is 4.13. The molecule has 0 bridgehead atoms. The lowest BCUT2D eigenvalue weighted by Crippen LogP contribution is -2.44. The van der Waals surface area contributed by atoms with Crippen LogP contribution in [0, 0.1) is 0 Å². The van der Waals surface area contributed by atoms with Crippen molar-refractivity contribution in [3.05, 3.63) is 0 Å². The Morgan fingerprint density at radius 3 is 2.62 bits per heavy atom. The molecule has 0 aromatic heterocycles. The van der Waals surface area contributed by atoms with Gasteiger partial charge in [0, 0.05) is 6.61 Å². The number of aliphatic hydroxyl groups excluding tert-OH is 2. The zero-order valence-corrected chi connectivity index (χ0v) is 13.2. The fourth-order valence-electron chi connectivity index (χ4n) is 2.71. The molecule has 5 atom stereocenters. The monoisotopic (exact) mass is 305 g/mol. The van der Waals surface area contributed by atoms with Gasteiger partial charge in [-0.3, -0.25) is 0 Å². The SMILES string of the molecule is CN(C)CCCO[C@@H]1[C@H]2OC(C)(C)O[C@@H]2O[C@@H]1[C@@H](O)CO. The Morgan fingerprint density at radius 2 is 2.00 bits per heavy atom. The summed E-state index contributed by atoms with van der Waals surface area (Å²) in [4.78, 5) is 2.08. The van der Waals surface area contributed by atoms with Gasteiger partial charge in [0.15, 0.2) is 12.1 Å². The number of rotatable bonds is 7. The van der Waals surface area contributed by atoms with Crippen molar-refractivity contribution in [1.82, 2.24) is 4.90 Å². The summed E-state index contributed by atoms with van der Waals surface area (Å²) in [7, 11) is 4.01. The van der Waals surface area contributed by atoms with Gasteiger partial charge in [0.2, 0.25) is 0 Å². The van der Waals surface area contributed by atoms with Crippen molar-refractivity contribution in [3.63, 3.8) is 0 Å². The van der Waals surface area contributed by atoms with E-state index in [0.29, 0.717) is 6.61 Å². The summed E-state index contributed by atoms with van der Waals surface area (Å²) in [6.07, 6.45) is -2.17. The maximum atomic E-state index is 9.88. The van der Waals surface area contributed by atoms with Crippen LogP contribution in [0.4, 0.5) is 0 Å². The summed E-state index contributed by atoms with van der Waals surface area (Å²) >= 11 is 0. The second-order valence-electron chi connectivity index (χ2n) is 6.31. The highest BCUT2D eigenvalue weighted by Crippen LogP contribution is 2.39. The Balaban J connectivity index is 1.94. The highest BCUT2D eigenvalue weighted by molar-refractivity contribution is 4.96. The van der Waals surface area contributed by atoms with E-state index >= 15 is 0 Å². The predicted molar refractivity (Wildman–Crippen MR) is 74.7 cm³/mol. The standard InChI is InChI=1S/C14H27NO6/c1-14(2)20-12-11(18-7-5-6-15(3)4)10(9(17)8-16)19-13(12)21-14/h9-13,16-17H,5-8H2,1-4H3/t9-,10+,11-,12+,13-/m0/s1. The van der Waals surface area contributed by atoms with Crippen LogP contribution in [-0.2, 0) is 18.9 Å². The average molecular weight is 305 g/mol. The molecule has 2 aliphatic rings. The van der Waals surface area contributed by atoms with Gasteiger partial charge in [-0.1, -0.05) is 0 Å². The normalized spacial score (nSPS) is 36.1. The number of hydrogen-bond donors (Lipinski definition) is 2. The van der Waals surface area contributed by atoms with Gasteiger partial charge in [-0.25, -0.2) is 0 Å². The van der Waals surface area contributed by atoms with Gasteiger partial charge in [-0.15, -0.1) is 0 Å². The van der Waals surface area contributed by atoms with Crippen LogP contribution >= 0.6 is 0 Å². The third-order valence-corrected chi connectivity index (χ3v) is 3.65. The van der Waals surface area contributed by atoms with Crippen LogP contribution in [0.25, 0.3) is 0 Å². The first-order valence-corrected chi connectivity index (χ1v) is 7.40. The van der Waals surface area contributed by atoms with Gasteiger partial charge >= 0.3 is 0 Å². The largest absolute Gasteiger partial charge is 0.394 e. The minimum Gasteiger partial charge on any atom is -0.394 e. The van der Waals surface area contributed by atoms with E-state index in [4.69, 9.17) is 24.1 Å². The fraction of sp³-hybridized carbons (Fsp3) is 1.00. The van der Waals surface area contributed by atoms with Crippen molar-refractivity contribution in [2.75, 3.05) is 33.9 Å². The lowest BCUT2D eigenvalue weighted by Gasteiger charge is -2.28. The van der Waals surface area contributed by atoms with E-state index in [1.54, 1.807) is 0 Å². The highest BCUT2D eigenvalue weighted by atomic mass is 16.8. The Morgan fingerprint density at radius 1 is 1.29 bits per heavy atom. The molecular formula is C14H27NO6. The van der Waals surface area contributed by atoms with Crippen LogP contribution in [0.15, 0.2) is 0 Å². The van der Waals surface area contributed by atoms with Gasteiger partial charge in [0.1, 0.15) is 24.4 Å². The molecule has 0 aliphatic carbocycles. The smallest absolute Gasteiger partial charge is 0.190 e. The maximum absolute atomic E-state index is 9.88. The molecule has 124 valence electrons. The number of fused-ring (bicyclic) bond motifs is 1. The number of hydrogen-bond acceptors (Lipinski definition) is 7. The summed E-state index contributed by atoms with van der Waals surface area (Å²) in [5.41, 5.74) is 0. The van der Waals surface area contributed by atoms with Gasteiger partial charge in [0.05, 0.1) is 6.61 Å². The van der Waals surface area contributed by atoms with Crippen molar-refractivity contribution in [2.24, 2.45) is 0 Å². The molecule has 2 fully saturated rings. The Kier molecular flexibility index (Phi) is 5.59. The molecule has 0 saturated carbocycles. The summed E-state index contributed by atoms with van der Waals surface area (Å²) in [6.45, 7) is 4.70. The first kappa shape index (κ1) is 17.1. The van der Waals surface area contributed by atoms with E-state index in [2.05, 4.69) is 4.90 Å². The average Bonchev–Trinajstić information content (AvgIpc) is 2.86. The summed E-state index contributed by atoms with van der Waals surface area (Å²) in [5, 5.41) is 19.0. The zero-order chi connectivity index (χ0) is 15.6. The fourth-order valence-corrected chi connectivity index (χ4v) is 2.71. The number of ether oxygens (including phenoxy) is 4. The minimum absolute atomic E-state index is 0.384. The van der Waals surface area contributed by atoms with Crippen LogP contribution in [0.5, 0.6) is 0 Å². The van der Waals surface area contributed by atoms with E-state index in [1.165, 1.54) is 0 Å². The van der Waals surface area contributed by atoms with Crippen molar-refractivity contribution < 1.29 is 29.2 Å². The quantitative estimate of drug-likeness (QED) is 0.617. The molecule has 7 nitrogen and oxygen atoms in total. The van der Waals surface area contributed by atoms with Crippen molar-refractivity contribution in [2.45, 2.75) is 56.8 Å². The molecular weight excluding hydrogens is 278 g/mol. The summed E-state index contributed by atoms with van der Waals surface area (Å²) < 4.78 is 23.0. The van der Waals surface area contributed by atoms with Crippen LogP contribution in [0.3, 0.4) is 0 Å². The molecule has 0 aromatic carbocycles. The van der Waals surface area contributed by atoms with E-state index < -0.39 is 30.4 Å². The van der Waals surface area contributed by atoms with E-state index in [0.717, 1.165) is 13.0 Å². The second kappa shape index (κ2) is 6.87. The molecule has 0 spiro atoms. The first-order chi connectivity index (χ1) is 9.84. The highest BCUT2D eigenvalue weighted by Gasteiger charge is 2.56. The predicted octanol–water partition coefficient (Wildman–Crippen LogP) is -0.447. The molecule has 0 radical (unpaired) electrons. The van der Waals surface area contributed by atoms with Crippen molar-refractivity contribution >= 4 is 0 Å². The van der Waals surface area contributed by atoms with Gasteiger partial charge < -0.3 is 34.1 Å². The van der Waals surface area contributed by atoms with Gasteiger partial charge in [-0.05, 0) is 40.9 Å². The molecule has 2 N–H and O–H groups in total. The molecule has 2 saturated heterocycles. The Bertz CT molecular complexity index is 337. The molecule has 2 heterocycles. The molecule has 2 rings (SSSR count). The maximum Gasteiger partial charge on any atom is 0.190 e. The van der Waals surface area contributed by atoms with Crippen LogP contribution < -0.4 is 0 Å². The first-order valence-electron chi connectivity index (χ1n) is 7.40. The summed E-state index contributed by atoms with van der Waals surface area (Å²) in [5.74, 6) is -0.726. The van der Waals surface area contributed by atoms with E-state index in [9.17, 15) is 5.11 Å². The summed E-state index contributed by atoms with van der Waals surface area (Å²) in [6, 6.07) is 0. The zero-order valence-electron chi connectivity index (χ0n) is 13.2. The van der Waals surface area contributed by atoms with Crippen LogP contribution in [0.2, 0.25) is 0 Å². The van der Waals surface area contributed by atoms with Crippen LogP contribution in [-0.4, -0.2) is 85.5 Å². The number of nitrogens with zero attached hydrogens (tertiary/aromatic N) is 1. The lowest BCUT2D eigenvalue weighted by molar-refractivity contribution is -0.231. The Labute approximate surface area is 125 Å². The van der Waals surface area contributed by atoms with Gasteiger partial charge in [-0.2, -0.15) is 0 Å². The minimum atomic E-state index is -1.01. The van der Waals surface area contributed by atoms with Crippen LogP contribution in [0.1, 0.15) is 20.3 Å². The molecule has 7 heteroatoms. The molecule has 0 aromatic rings. The Hall–Kier alpha value is -0.280.